The molecular formula is C20H16O7. The van der Waals surface area contributed by atoms with Gasteiger partial charge in [0.25, 0.3) is 0 Å². The SMILES string of the molecule is O=C1O[C@@H](c2ccc3c(c2)OCO3)[C@@H]2CO[C@H](c3ccc4c(c3)OCO4)[C@H]12. The molecule has 0 aliphatic carbocycles. The van der Waals surface area contributed by atoms with E-state index in [0.717, 1.165) is 11.1 Å². The largest absolute Gasteiger partial charge is 0.457 e. The van der Waals surface area contributed by atoms with E-state index in [2.05, 4.69) is 0 Å². The standard InChI is InChI=1S/C20H16O7/c21-20-17-12(18(27-20)10-1-3-13-15(5-10)25-8-23-13)7-22-19(17)11-2-4-14-16(6-11)26-9-24-14/h1-6,12,17-19H,7-9H2/t12-,17-,18+,19-/m1/s1. The van der Waals surface area contributed by atoms with E-state index in [0.29, 0.717) is 29.6 Å². The Morgan fingerprint density at radius 3 is 2.00 bits per heavy atom. The fourth-order valence-corrected chi connectivity index (χ4v) is 4.31. The van der Waals surface area contributed by atoms with Crippen molar-refractivity contribution in [2.45, 2.75) is 12.2 Å². The Labute approximate surface area is 154 Å². The number of fused-ring (bicyclic) bond motifs is 3. The lowest BCUT2D eigenvalue weighted by Gasteiger charge is -2.15. The van der Waals surface area contributed by atoms with Crippen molar-refractivity contribution < 1.29 is 33.2 Å². The van der Waals surface area contributed by atoms with Gasteiger partial charge in [0.2, 0.25) is 13.6 Å². The van der Waals surface area contributed by atoms with Crippen molar-refractivity contribution in [3.05, 3.63) is 47.5 Å². The third kappa shape index (κ3) is 2.21. The van der Waals surface area contributed by atoms with E-state index >= 15 is 0 Å². The summed E-state index contributed by atoms with van der Waals surface area (Å²) in [6.45, 7) is 0.879. The monoisotopic (exact) mass is 368 g/mol. The van der Waals surface area contributed by atoms with Crippen molar-refractivity contribution in [3.8, 4) is 23.0 Å². The second-order valence-corrected chi connectivity index (χ2v) is 7.03. The van der Waals surface area contributed by atoms with Crippen LogP contribution in [-0.2, 0) is 14.3 Å². The van der Waals surface area contributed by atoms with Gasteiger partial charge in [-0.2, -0.15) is 0 Å². The molecule has 2 saturated heterocycles. The highest BCUT2D eigenvalue weighted by Gasteiger charge is 2.54. The lowest BCUT2D eigenvalue weighted by molar-refractivity contribution is -0.148. The van der Waals surface area contributed by atoms with Crippen LogP contribution < -0.4 is 18.9 Å². The maximum absolute atomic E-state index is 12.7. The molecule has 7 nitrogen and oxygen atoms in total. The molecule has 6 rings (SSSR count). The maximum atomic E-state index is 12.7. The summed E-state index contributed by atoms with van der Waals surface area (Å²) in [5.41, 5.74) is 1.80. The molecule has 0 radical (unpaired) electrons. The number of hydrogen-bond acceptors (Lipinski definition) is 7. The Bertz CT molecular complexity index is 884. The van der Waals surface area contributed by atoms with Crippen LogP contribution in [-0.4, -0.2) is 26.2 Å². The van der Waals surface area contributed by atoms with Gasteiger partial charge >= 0.3 is 5.97 Å². The number of esters is 1. The highest BCUT2D eigenvalue weighted by atomic mass is 16.7. The van der Waals surface area contributed by atoms with Crippen molar-refractivity contribution >= 4 is 5.97 Å². The van der Waals surface area contributed by atoms with Crippen LogP contribution in [0, 0.1) is 11.8 Å². The Balaban J connectivity index is 1.31. The van der Waals surface area contributed by atoms with Crippen LogP contribution in [0.3, 0.4) is 0 Å². The number of carbonyl (C=O) groups excluding carboxylic acids is 1. The van der Waals surface area contributed by atoms with E-state index in [-0.39, 0.29) is 43.6 Å². The Kier molecular flexibility index (Phi) is 3.11. The number of rotatable bonds is 2. The van der Waals surface area contributed by atoms with Gasteiger partial charge < -0.3 is 28.4 Å². The molecule has 2 aromatic rings. The molecule has 4 atom stereocenters. The molecule has 2 aromatic carbocycles. The first-order valence-electron chi connectivity index (χ1n) is 8.89. The van der Waals surface area contributed by atoms with Crippen LogP contribution in [0.5, 0.6) is 23.0 Å². The van der Waals surface area contributed by atoms with Crippen molar-refractivity contribution in [1.29, 1.82) is 0 Å². The molecule has 138 valence electrons. The van der Waals surface area contributed by atoms with Gasteiger partial charge in [0, 0.05) is 5.92 Å². The first-order chi connectivity index (χ1) is 13.3. The van der Waals surface area contributed by atoms with Gasteiger partial charge in [-0.3, -0.25) is 4.79 Å². The molecule has 0 saturated carbocycles. The molecule has 0 spiro atoms. The number of ether oxygens (including phenoxy) is 6. The average molecular weight is 368 g/mol. The summed E-state index contributed by atoms with van der Waals surface area (Å²) < 4.78 is 33.4. The zero-order valence-electron chi connectivity index (χ0n) is 14.3. The molecule has 0 aromatic heterocycles. The molecule has 27 heavy (non-hydrogen) atoms. The molecule has 7 heteroatoms. The summed E-state index contributed by atoms with van der Waals surface area (Å²) in [6.07, 6.45) is -0.702. The van der Waals surface area contributed by atoms with E-state index in [4.69, 9.17) is 28.4 Å². The fourth-order valence-electron chi connectivity index (χ4n) is 4.31. The summed E-state index contributed by atoms with van der Waals surface area (Å²) in [5.74, 6) is 2.15. The van der Waals surface area contributed by atoms with E-state index in [1.807, 2.05) is 36.4 Å². The average Bonchev–Trinajstić information content (AvgIpc) is 3.45. The van der Waals surface area contributed by atoms with Crippen LogP contribution in [0.1, 0.15) is 23.3 Å². The molecule has 0 unspecified atom stereocenters. The summed E-state index contributed by atoms with van der Waals surface area (Å²) in [5, 5.41) is 0. The van der Waals surface area contributed by atoms with Gasteiger partial charge in [-0.1, -0.05) is 12.1 Å². The minimum absolute atomic E-state index is 0.0479. The number of hydrogen-bond donors (Lipinski definition) is 0. The highest BCUT2D eigenvalue weighted by Crippen LogP contribution is 2.52. The highest BCUT2D eigenvalue weighted by molar-refractivity contribution is 5.77. The lowest BCUT2D eigenvalue weighted by Crippen LogP contribution is -2.17. The van der Waals surface area contributed by atoms with Crippen molar-refractivity contribution in [2.75, 3.05) is 20.2 Å². The van der Waals surface area contributed by atoms with Gasteiger partial charge in [0.05, 0.1) is 18.6 Å². The minimum Gasteiger partial charge on any atom is -0.457 e. The molecule has 0 amide bonds. The molecule has 4 aliphatic heterocycles. The zero-order chi connectivity index (χ0) is 18.0. The summed E-state index contributed by atoms with van der Waals surface area (Å²) in [4.78, 5) is 12.7. The first kappa shape index (κ1) is 15.2. The van der Waals surface area contributed by atoms with Gasteiger partial charge in [-0.15, -0.1) is 0 Å². The number of benzene rings is 2. The van der Waals surface area contributed by atoms with Gasteiger partial charge in [-0.25, -0.2) is 0 Å². The first-order valence-corrected chi connectivity index (χ1v) is 8.89. The van der Waals surface area contributed by atoms with E-state index in [1.165, 1.54) is 0 Å². The van der Waals surface area contributed by atoms with Gasteiger partial charge in [0.1, 0.15) is 6.10 Å². The van der Waals surface area contributed by atoms with Crippen LogP contribution in [0.4, 0.5) is 0 Å². The summed E-state index contributed by atoms with van der Waals surface area (Å²) >= 11 is 0. The maximum Gasteiger partial charge on any atom is 0.313 e. The smallest absolute Gasteiger partial charge is 0.313 e. The molecular weight excluding hydrogens is 352 g/mol. The summed E-state index contributed by atoms with van der Waals surface area (Å²) in [7, 11) is 0. The number of carbonyl (C=O) groups is 1. The third-order valence-electron chi connectivity index (χ3n) is 5.61. The molecule has 2 fully saturated rings. The predicted octanol–water partition coefficient (Wildman–Crippen LogP) is 2.75. The molecule has 4 heterocycles. The second-order valence-electron chi connectivity index (χ2n) is 7.03. The minimum atomic E-state index is -0.351. The normalized spacial score (nSPS) is 29.7. The van der Waals surface area contributed by atoms with Crippen molar-refractivity contribution in [1.82, 2.24) is 0 Å². The zero-order valence-corrected chi connectivity index (χ0v) is 14.3. The Morgan fingerprint density at radius 2 is 1.33 bits per heavy atom. The predicted molar refractivity (Wildman–Crippen MR) is 89.6 cm³/mol. The van der Waals surface area contributed by atoms with Crippen LogP contribution in [0.2, 0.25) is 0 Å². The lowest BCUT2D eigenvalue weighted by atomic mass is 9.84. The van der Waals surface area contributed by atoms with Crippen molar-refractivity contribution in [3.63, 3.8) is 0 Å². The molecule has 0 N–H and O–H groups in total. The Hall–Kier alpha value is -2.93. The Morgan fingerprint density at radius 1 is 0.741 bits per heavy atom. The van der Waals surface area contributed by atoms with E-state index in [9.17, 15) is 4.79 Å². The van der Waals surface area contributed by atoms with E-state index < -0.39 is 0 Å². The topological polar surface area (TPSA) is 72.5 Å². The van der Waals surface area contributed by atoms with Crippen LogP contribution >= 0.6 is 0 Å². The van der Waals surface area contributed by atoms with Crippen LogP contribution in [0.15, 0.2) is 36.4 Å². The quantitative estimate of drug-likeness (QED) is 0.755. The van der Waals surface area contributed by atoms with Gasteiger partial charge in [0.15, 0.2) is 23.0 Å². The molecule has 4 aliphatic rings. The van der Waals surface area contributed by atoms with Crippen molar-refractivity contribution in [2.24, 2.45) is 11.8 Å². The fraction of sp³-hybridized carbons (Fsp3) is 0.350. The third-order valence-corrected chi connectivity index (χ3v) is 5.61. The number of cyclic esters (lactones) is 1. The molecule has 0 bridgehead atoms. The van der Waals surface area contributed by atoms with Crippen LogP contribution in [0.25, 0.3) is 0 Å². The van der Waals surface area contributed by atoms with E-state index in [1.54, 1.807) is 0 Å². The summed E-state index contributed by atoms with van der Waals surface area (Å²) in [6, 6.07) is 11.3. The second kappa shape index (κ2) is 5.53. The van der Waals surface area contributed by atoms with Gasteiger partial charge in [-0.05, 0) is 35.4 Å².